The van der Waals surface area contributed by atoms with E-state index in [-0.39, 0.29) is 0 Å². The summed E-state index contributed by atoms with van der Waals surface area (Å²) in [6.45, 7) is 8.60. The summed E-state index contributed by atoms with van der Waals surface area (Å²) in [5.41, 5.74) is 3.30. The topological polar surface area (TPSA) is 51.5 Å². The van der Waals surface area contributed by atoms with E-state index in [2.05, 4.69) is 23.8 Å². The third-order valence-corrected chi connectivity index (χ3v) is 2.40. The first kappa shape index (κ1) is 11.5. The molecule has 0 aliphatic carbocycles. The van der Waals surface area contributed by atoms with Gasteiger partial charge in [0.25, 0.3) is 0 Å². The minimum Gasteiger partial charge on any atom is -0.371 e. The molecule has 2 N–H and O–H groups in total. The molecule has 1 aliphatic rings. The number of allylic oxidation sites excluding steroid dienone is 1. The highest BCUT2D eigenvalue weighted by Crippen LogP contribution is 2.29. The van der Waals surface area contributed by atoms with Crippen molar-refractivity contribution in [3.05, 3.63) is 23.7 Å². The van der Waals surface area contributed by atoms with Crippen molar-refractivity contribution in [2.24, 2.45) is 4.99 Å². The van der Waals surface area contributed by atoms with Crippen LogP contribution in [0.25, 0.3) is 0 Å². The first-order chi connectivity index (χ1) is 7.06. The van der Waals surface area contributed by atoms with Gasteiger partial charge in [-0.15, -0.1) is 0 Å². The van der Waals surface area contributed by atoms with E-state index in [1.807, 2.05) is 18.9 Å². The van der Waals surface area contributed by atoms with Crippen molar-refractivity contribution >= 4 is 12.1 Å². The zero-order valence-corrected chi connectivity index (χ0v) is 9.59. The van der Waals surface area contributed by atoms with Crippen LogP contribution in [0, 0.1) is 5.41 Å². The van der Waals surface area contributed by atoms with E-state index >= 15 is 0 Å². The van der Waals surface area contributed by atoms with Crippen molar-refractivity contribution in [2.45, 2.75) is 20.3 Å². The summed E-state index contributed by atoms with van der Waals surface area (Å²) in [6, 6.07) is 0. The van der Waals surface area contributed by atoms with Crippen molar-refractivity contribution in [3.8, 4) is 0 Å². The molecule has 0 bridgehead atoms. The van der Waals surface area contributed by atoms with E-state index in [1.54, 1.807) is 0 Å². The van der Waals surface area contributed by atoms with Crippen LogP contribution in [0.4, 0.5) is 0 Å². The van der Waals surface area contributed by atoms with Crippen LogP contribution in [0.2, 0.25) is 0 Å². The van der Waals surface area contributed by atoms with Gasteiger partial charge >= 0.3 is 0 Å². The average Bonchev–Trinajstić information content (AvgIpc) is 2.42. The molecule has 0 saturated heterocycles. The number of nitrogens with one attached hydrogen (secondary N) is 2. The Hall–Kier alpha value is -1.58. The standard InChI is InChI=1S/C11H18N4/c1-8-5-10(3)15(4)11(8)14-9(2)6-13-7-12/h7H,3,5-6H2,1-2,4H3,(H2,12,13). The fraction of sp³-hybridized carbons (Fsp3) is 0.455. The highest BCUT2D eigenvalue weighted by atomic mass is 15.2. The second-order valence-corrected chi connectivity index (χ2v) is 3.78. The minimum atomic E-state index is 0.612. The normalized spacial score (nSPS) is 17.4. The Morgan fingerprint density at radius 2 is 2.40 bits per heavy atom. The van der Waals surface area contributed by atoms with E-state index < -0.39 is 0 Å². The second kappa shape index (κ2) is 4.77. The molecule has 0 spiro atoms. The lowest BCUT2D eigenvalue weighted by molar-refractivity contribution is 0.536. The third-order valence-electron chi connectivity index (χ3n) is 2.40. The van der Waals surface area contributed by atoms with Crippen molar-refractivity contribution in [1.29, 1.82) is 5.41 Å². The summed E-state index contributed by atoms with van der Waals surface area (Å²) in [7, 11) is 1.98. The molecular formula is C11H18N4. The predicted molar refractivity (Wildman–Crippen MR) is 64.1 cm³/mol. The summed E-state index contributed by atoms with van der Waals surface area (Å²) in [4.78, 5) is 6.54. The van der Waals surface area contributed by atoms with Gasteiger partial charge in [0.2, 0.25) is 0 Å². The quantitative estimate of drug-likeness (QED) is 0.543. The molecule has 1 aliphatic heterocycles. The third kappa shape index (κ3) is 2.68. The summed E-state index contributed by atoms with van der Waals surface area (Å²) in [5.74, 6) is 0.990. The van der Waals surface area contributed by atoms with Crippen LogP contribution < -0.4 is 5.32 Å². The molecule has 0 aromatic carbocycles. The maximum Gasteiger partial charge on any atom is 0.131 e. The van der Waals surface area contributed by atoms with E-state index in [9.17, 15) is 0 Å². The predicted octanol–water partition coefficient (Wildman–Crippen LogP) is 1.72. The van der Waals surface area contributed by atoms with E-state index in [1.165, 1.54) is 11.9 Å². The average molecular weight is 206 g/mol. The van der Waals surface area contributed by atoms with Gasteiger partial charge < -0.3 is 10.2 Å². The molecule has 0 saturated carbocycles. The fourth-order valence-electron chi connectivity index (χ4n) is 1.53. The van der Waals surface area contributed by atoms with Gasteiger partial charge in [-0.2, -0.15) is 0 Å². The summed E-state index contributed by atoms with van der Waals surface area (Å²) in [5, 5.41) is 9.67. The molecule has 82 valence electrons. The molecule has 4 nitrogen and oxygen atoms in total. The molecule has 0 amide bonds. The van der Waals surface area contributed by atoms with Gasteiger partial charge in [-0.1, -0.05) is 6.58 Å². The lowest BCUT2D eigenvalue weighted by Gasteiger charge is -2.14. The minimum absolute atomic E-state index is 0.612. The van der Waals surface area contributed by atoms with Crippen molar-refractivity contribution in [1.82, 2.24) is 10.2 Å². The Kier molecular flexibility index (Phi) is 3.66. The Labute approximate surface area is 90.9 Å². The van der Waals surface area contributed by atoms with Gasteiger partial charge in [0.1, 0.15) is 5.82 Å². The largest absolute Gasteiger partial charge is 0.371 e. The monoisotopic (exact) mass is 206 g/mol. The van der Waals surface area contributed by atoms with Crippen LogP contribution in [-0.4, -0.2) is 30.5 Å². The Bertz CT molecular complexity index is 338. The Balaban J connectivity index is 2.76. The highest BCUT2D eigenvalue weighted by molar-refractivity contribution is 5.86. The van der Waals surface area contributed by atoms with Gasteiger partial charge in [-0.05, 0) is 19.4 Å². The lowest BCUT2D eigenvalue weighted by atomic mass is 10.2. The molecule has 0 radical (unpaired) electrons. The highest BCUT2D eigenvalue weighted by Gasteiger charge is 2.19. The van der Waals surface area contributed by atoms with Crippen LogP contribution in [0.5, 0.6) is 0 Å². The SMILES string of the molecule is C=C1CC(C)=C(N=C(C)CNC=N)N1C. The summed E-state index contributed by atoms with van der Waals surface area (Å²) in [6.07, 6.45) is 2.08. The zero-order chi connectivity index (χ0) is 11.4. The van der Waals surface area contributed by atoms with Crippen molar-refractivity contribution in [2.75, 3.05) is 13.6 Å². The molecule has 1 heterocycles. The Morgan fingerprint density at radius 1 is 1.73 bits per heavy atom. The van der Waals surface area contributed by atoms with Gasteiger partial charge in [0, 0.05) is 24.9 Å². The van der Waals surface area contributed by atoms with Gasteiger partial charge in [0.15, 0.2) is 0 Å². The number of hydrogen-bond donors (Lipinski definition) is 2. The Morgan fingerprint density at radius 3 is 2.87 bits per heavy atom. The van der Waals surface area contributed by atoms with Crippen LogP contribution in [-0.2, 0) is 0 Å². The van der Waals surface area contributed by atoms with Crippen molar-refractivity contribution in [3.63, 3.8) is 0 Å². The number of aliphatic imine (C=N–C) groups is 1. The van der Waals surface area contributed by atoms with Crippen LogP contribution in [0.15, 0.2) is 28.7 Å². The molecule has 0 aromatic rings. The van der Waals surface area contributed by atoms with Gasteiger partial charge in [-0.3, -0.25) is 5.41 Å². The van der Waals surface area contributed by atoms with Crippen LogP contribution >= 0.6 is 0 Å². The second-order valence-electron chi connectivity index (χ2n) is 3.78. The van der Waals surface area contributed by atoms with Crippen LogP contribution in [0.1, 0.15) is 20.3 Å². The molecule has 0 fully saturated rings. The first-order valence-electron chi connectivity index (χ1n) is 4.94. The smallest absolute Gasteiger partial charge is 0.131 e. The number of rotatable bonds is 4. The molecular weight excluding hydrogens is 188 g/mol. The fourth-order valence-corrected chi connectivity index (χ4v) is 1.53. The van der Waals surface area contributed by atoms with Crippen molar-refractivity contribution < 1.29 is 0 Å². The zero-order valence-electron chi connectivity index (χ0n) is 9.59. The van der Waals surface area contributed by atoms with E-state index in [0.717, 1.165) is 23.7 Å². The molecule has 1 rings (SSSR count). The molecule has 15 heavy (non-hydrogen) atoms. The van der Waals surface area contributed by atoms with E-state index in [0.29, 0.717) is 6.54 Å². The molecule has 4 heteroatoms. The summed E-state index contributed by atoms with van der Waals surface area (Å²) < 4.78 is 0. The first-order valence-corrected chi connectivity index (χ1v) is 4.94. The molecule has 0 atom stereocenters. The van der Waals surface area contributed by atoms with Gasteiger partial charge in [0.05, 0.1) is 12.9 Å². The van der Waals surface area contributed by atoms with Crippen LogP contribution in [0.3, 0.4) is 0 Å². The molecule has 0 aromatic heterocycles. The van der Waals surface area contributed by atoms with E-state index in [4.69, 9.17) is 5.41 Å². The summed E-state index contributed by atoms with van der Waals surface area (Å²) >= 11 is 0. The lowest BCUT2D eigenvalue weighted by Crippen LogP contribution is -2.20. The maximum atomic E-state index is 6.86. The maximum absolute atomic E-state index is 6.86. The number of nitrogens with zero attached hydrogens (tertiary/aromatic N) is 2. The number of hydrogen-bond acceptors (Lipinski definition) is 3. The molecule has 0 unspecified atom stereocenters. The van der Waals surface area contributed by atoms with Gasteiger partial charge in [-0.25, -0.2) is 4.99 Å².